The zero-order chi connectivity index (χ0) is 22.7. The Morgan fingerprint density at radius 3 is 2.03 bits per heavy atom. The molecule has 0 amide bonds. The minimum Gasteiger partial charge on any atom is -0.423 e. The van der Waals surface area contributed by atoms with Crippen LogP contribution in [0.4, 0.5) is 22.0 Å². The van der Waals surface area contributed by atoms with E-state index in [1.54, 1.807) is 6.07 Å². The van der Waals surface area contributed by atoms with Gasteiger partial charge in [0.1, 0.15) is 40.4 Å². The molecular weight excluding hydrogens is 415 g/mol. The number of hydrogen-bond donors (Lipinski definition) is 0. The van der Waals surface area contributed by atoms with Crippen LogP contribution >= 0.6 is 0 Å². The maximum atomic E-state index is 14.5. The Labute approximate surface area is 175 Å². The number of carbonyl (C=O) groups excluding carboxylic acids is 1. The van der Waals surface area contributed by atoms with Crippen LogP contribution in [0.15, 0.2) is 49.0 Å². The van der Waals surface area contributed by atoms with Crippen LogP contribution in [0, 0.1) is 29.1 Å². The van der Waals surface area contributed by atoms with Gasteiger partial charge in [-0.05, 0) is 35.7 Å². The van der Waals surface area contributed by atoms with Crippen molar-refractivity contribution in [3.05, 3.63) is 94.8 Å². The van der Waals surface area contributed by atoms with Crippen molar-refractivity contribution in [1.29, 1.82) is 0 Å². The van der Waals surface area contributed by atoms with Crippen molar-refractivity contribution in [2.75, 3.05) is 0 Å². The Morgan fingerprint density at radius 2 is 1.52 bits per heavy atom. The molecule has 160 valence electrons. The maximum absolute atomic E-state index is 14.5. The lowest BCUT2D eigenvalue weighted by Crippen LogP contribution is -2.14. The van der Waals surface area contributed by atoms with Crippen molar-refractivity contribution in [1.82, 2.24) is 0 Å². The van der Waals surface area contributed by atoms with Crippen LogP contribution in [0.1, 0.15) is 34.8 Å². The number of ether oxygens (including phenoxy) is 1. The van der Waals surface area contributed by atoms with Crippen molar-refractivity contribution in [3.8, 4) is 16.9 Å². The van der Waals surface area contributed by atoms with Crippen LogP contribution < -0.4 is 4.74 Å². The van der Waals surface area contributed by atoms with Gasteiger partial charge in [-0.25, -0.2) is 26.7 Å². The van der Waals surface area contributed by atoms with Gasteiger partial charge in [-0.1, -0.05) is 38.1 Å². The molecule has 3 aromatic rings. The van der Waals surface area contributed by atoms with Crippen LogP contribution in [0.3, 0.4) is 0 Å². The van der Waals surface area contributed by atoms with Gasteiger partial charge in [-0.2, -0.15) is 0 Å². The number of halogens is 5. The molecule has 31 heavy (non-hydrogen) atoms. The number of hydrogen-bond acceptors (Lipinski definition) is 2. The van der Waals surface area contributed by atoms with E-state index >= 15 is 0 Å². The van der Waals surface area contributed by atoms with Crippen LogP contribution in [-0.4, -0.2) is 5.97 Å². The van der Waals surface area contributed by atoms with E-state index in [4.69, 9.17) is 4.74 Å². The predicted octanol–water partition coefficient (Wildman–Crippen LogP) is 6.86. The molecule has 0 bridgehead atoms. The minimum atomic E-state index is -1.49. The molecule has 0 spiro atoms. The molecule has 0 N–H and O–H groups in total. The summed E-state index contributed by atoms with van der Waals surface area (Å²) in [5.41, 5.74) is -0.915. The molecule has 0 aliphatic carbocycles. The highest BCUT2D eigenvalue weighted by atomic mass is 19.1. The Morgan fingerprint density at radius 1 is 0.903 bits per heavy atom. The topological polar surface area (TPSA) is 26.3 Å². The summed E-state index contributed by atoms with van der Waals surface area (Å²) in [6.45, 7) is 5.19. The van der Waals surface area contributed by atoms with Crippen LogP contribution in [0.2, 0.25) is 0 Å². The summed E-state index contributed by atoms with van der Waals surface area (Å²) in [6, 6.07) is 7.30. The lowest BCUT2D eigenvalue weighted by Gasteiger charge is -2.11. The van der Waals surface area contributed by atoms with Gasteiger partial charge in [0, 0.05) is 23.3 Å². The Hall–Kier alpha value is -3.48. The monoisotopic (exact) mass is 432 g/mol. The SMILES string of the molecule is C=Cc1c(F)cc(OC(=O)c2c(F)cc(-c3ccc(CCC)cc3F)cc2F)cc1F. The molecule has 0 saturated carbocycles. The van der Waals surface area contributed by atoms with E-state index in [1.165, 1.54) is 12.1 Å². The zero-order valence-corrected chi connectivity index (χ0v) is 16.4. The van der Waals surface area contributed by atoms with Crippen LogP contribution in [0.5, 0.6) is 5.75 Å². The summed E-state index contributed by atoms with van der Waals surface area (Å²) >= 11 is 0. The molecule has 3 aromatic carbocycles. The van der Waals surface area contributed by atoms with Gasteiger partial charge in [0.15, 0.2) is 0 Å². The summed E-state index contributed by atoms with van der Waals surface area (Å²) in [5, 5.41) is 0. The fraction of sp³-hybridized carbons (Fsp3) is 0.125. The van der Waals surface area contributed by atoms with Gasteiger partial charge >= 0.3 is 5.97 Å². The minimum absolute atomic E-state index is 0.0401. The highest BCUT2D eigenvalue weighted by Gasteiger charge is 2.23. The number of carbonyl (C=O) groups is 1. The second-order valence-electron chi connectivity index (χ2n) is 6.77. The van der Waals surface area contributed by atoms with E-state index in [2.05, 4.69) is 6.58 Å². The first-order chi connectivity index (χ1) is 14.7. The highest BCUT2D eigenvalue weighted by molar-refractivity contribution is 5.92. The van der Waals surface area contributed by atoms with Crippen molar-refractivity contribution >= 4 is 12.0 Å². The summed E-state index contributed by atoms with van der Waals surface area (Å²) in [6.07, 6.45) is 2.39. The van der Waals surface area contributed by atoms with Crippen molar-refractivity contribution < 1.29 is 31.5 Å². The Bertz CT molecular complexity index is 1120. The van der Waals surface area contributed by atoms with Crippen molar-refractivity contribution in [2.24, 2.45) is 0 Å². The highest BCUT2D eigenvalue weighted by Crippen LogP contribution is 2.29. The van der Waals surface area contributed by atoms with Crippen molar-refractivity contribution in [3.63, 3.8) is 0 Å². The van der Waals surface area contributed by atoms with E-state index in [-0.39, 0.29) is 11.1 Å². The fourth-order valence-electron chi connectivity index (χ4n) is 3.13. The van der Waals surface area contributed by atoms with E-state index in [1.807, 2.05) is 6.92 Å². The van der Waals surface area contributed by atoms with E-state index in [0.717, 1.165) is 30.2 Å². The molecule has 0 fully saturated rings. The molecule has 0 saturated heterocycles. The second-order valence-corrected chi connectivity index (χ2v) is 6.77. The van der Waals surface area contributed by atoms with Gasteiger partial charge < -0.3 is 4.74 Å². The zero-order valence-electron chi connectivity index (χ0n) is 16.4. The molecule has 7 heteroatoms. The Kier molecular flexibility index (Phi) is 6.53. The van der Waals surface area contributed by atoms with Crippen LogP contribution in [-0.2, 0) is 6.42 Å². The quantitative estimate of drug-likeness (QED) is 0.242. The average Bonchev–Trinajstić information content (AvgIpc) is 2.67. The van der Waals surface area contributed by atoms with Gasteiger partial charge in [0.25, 0.3) is 0 Å². The van der Waals surface area contributed by atoms with Crippen LogP contribution in [0.25, 0.3) is 17.2 Å². The lowest BCUT2D eigenvalue weighted by atomic mass is 9.99. The van der Waals surface area contributed by atoms with Gasteiger partial charge in [-0.3, -0.25) is 0 Å². The molecule has 3 rings (SSSR count). The van der Waals surface area contributed by atoms with Crippen molar-refractivity contribution in [2.45, 2.75) is 19.8 Å². The molecule has 0 aliphatic rings. The summed E-state index contributed by atoms with van der Waals surface area (Å²) in [5.74, 6) is -7.46. The molecule has 0 heterocycles. The van der Waals surface area contributed by atoms with Gasteiger partial charge in [0.05, 0.1) is 0 Å². The molecule has 0 atom stereocenters. The second kappa shape index (κ2) is 9.12. The fourth-order valence-corrected chi connectivity index (χ4v) is 3.13. The normalized spacial score (nSPS) is 10.8. The standard InChI is InChI=1S/C24H17F5O2/c1-3-5-13-6-7-17(18(25)8-13)14-9-21(28)23(22(29)10-14)24(30)31-15-11-19(26)16(4-2)20(27)12-15/h4,6-12H,2-3,5H2,1H3. The first-order valence-electron chi connectivity index (χ1n) is 9.36. The summed E-state index contributed by atoms with van der Waals surface area (Å²) < 4.78 is 75.8. The number of rotatable bonds is 6. The largest absolute Gasteiger partial charge is 0.423 e. The summed E-state index contributed by atoms with van der Waals surface area (Å²) in [4.78, 5) is 12.2. The third-order valence-electron chi connectivity index (χ3n) is 4.60. The van der Waals surface area contributed by atoms with Gasteiger partial charge in [0.2, 0.25) is 0 Å². The third-order valence-corrected chi connectivity index (χ3v) is 4.60. The number of aryl methyl sites for hydroxylation is 1. The average molecular weight is 432 g/mol. The molecular formula is C24H17F5O2. The lowest BCUT2D eigenvalue weighted by molar-refractivity contribution is 0.0724. The van der Waals surface area contributed by atoms with E-state index < -0.39 is 51.9 Å². The molecule has 2 nitrogen and oxygen atoms in total. The number of benzene rings is 3. The Balaban J connectivity index is 1.92. The molecule has 0 aromatic heterocycles. The molecule has 0 unspecified atom stereocenters. The van der Waals surface area contributed by atoms with Gasteiger partial charge in [-0.15, -0.1) is 0 Å². The van der Waals surface area contributed by atoms with E-state index in [9.17, 15) is 26.7 Å². The molecule has 0 radical (unpaired) electrons. The van der Waals surface area contributed by atoms with E-state index in [0.29, 0.717) is 18.6 Å². The first-order valence-corrected chi connectivity index (χ1v) is 9.36. The number of esters is 1. The predicted molar refractivity (Wildman–Crippen MR) is 107 cm³/mol. The molecule has 0 aliphatic heterocycles. The third kappa shape index (κ3) is 4.66. The summed E-state index contributed by atoms with van der Waals surface area (Å²) in [7, 11) is 0. The maximum Gasteiger partial charge on any atom is 0.349 e. The first kappa shape index (κ1) is 22.2. The smallest absolute Gasteiger partial charge is 0.349 e.